The van der Waals surface area contributed by atoms with E-state index in [4.69, 9.17) is 0 Å². The molecule has 0 fully saturated rings. The molecule has 0 heterocycles. The van der Waals surface area contributed by atoms with Gasteiger partial charge in [0, 0.05) is 22.3 Å². The van der Waals surface area contributed by atoms with Gasteiger partial charge >= 0.3 is 0 Å². The first-order valence-corrected chi connectivity index (χ1v) is 11.7. The standard InChI is InChI=1S/C28H10Br2F6/c29-21-19(27(35)25(33)17(23(21)31)13-11-15-7-3-1-4-8-15)20-22(30)24(32)18(26(34)28(20)36)14-12-16-9-5-2-6-10-16/h1-10H. The number of benzene rings is 4. The monoisotopic (exact) mass is 618 g/mol. The van der Waals surface area contributed by atoms with E-state index in [-0.39, 0.29) is 0 Å². The molecule has 0 bridgehead atoms. The highest BCUT2D eigenvalue weighted by molar-refractivity contribution is 9.11. The number of hydrogen-bond donors (Lipinski definition) is 0. The fourth-order valence-electron chi connectivity index (χ4n) is 3.23. The van der Waals surface area contributed by atoms with Gasteiger partial charge in [0.25, 0.3) is 0 Å². The van der Waals surface area contributed by atoms with E-state index in [1.807, 2.05) is 0 Å². The van der Waals surface area contributed by atoms with Gasteiger partial charge in [0.1, 0.15) is 11.1 Å². The van der Waals surface area contributed by atoms with Crippen molar-refractivity contribution < 1.29 is 26.3 Å². The minimum absolute atomic E-state index is 0.405. The molecule has 4 rings (SSSR count). The Labute approximate surface area is 219 Å². The summed E-state index contributed by atoms with van der Waals surface area (Å²) in [5.41, 5.74) is -3.17. The second kappa shape index (κ2) is 10.7. The van der Waals surface area contributed by atoms with Crippen LogP contribution in [0.2, 0.25) is 0 Å². The second-order valence-electron chi connectivity index (χ2n) is 7.24. The maximum atomic E-state index is 15.1. The van der Waals surface area contributed by atoms with E-state index in [2.05, 4.69) is 55.5 Å². The molecule has 0 aromatic heterocycles. The number of rotatable bonds is 1. The lowest BCUT2D eigenvalue weighted by Crippen LogP contribution is -2.06. The van der Waals surface area contributed by atoms with Crippen LogP contribution >= 0.6 is 31.9 Å². The van der Waals surface area contributed by atoms with E-state index in [1.165, 1.54) is 0 Å². The zero-order valence-electron chi connectivity index (χ0n) is 17.8. The lowest BCUT2D eigenvalue weighted by Gasteiger charge is -2.15. The molecule has 0 aliphatic carbocycles. The predicted molar refractivity (Wildman–Crippen MR) is 132 cm³/mol. The molecule has 4 aromatic carbocycles. The van der Waals surface area contributed by atoms with Crippen LogP contribution in [0.4, 0.5) is 26.3 Å². The van der Waals surface area contributed by atoms with Crippen LogP contribution in [-0.2, 0) is 0 Å². The molecule has 36 heavy (non-hydrogen) atoms. The van der Waals surface area contributed by atoms with Gasteiger partial charge in [-0.2, -0.15) is 0 Å². The Morgan fingerprint density at radius 3 is 1.08 bits per heavy atom. The Morgan fingerprint density at radius 1 is 0.417 bits per heavy atom. The van der Waals surface area contributed by atoms with Crippen LogP contribution in [-0.4, -0.2) is 0 Å². The molecule has 0 unspecified atom stereocenters. The summed E-state index contributed by atoms with van der Waals surface area (Å²) >= 11 is 5.53. The predicted octanol–water partition coefficient (Wildman–Crippen LogP) is 8.51. The fourth-order valence-corrected chi connectivity index (χ4v) is 4.38. The summed E-state index contributed by atoms with van der Waals surface area (Å²) < 4.78 is 88.5. The van der Waals surface area contributed by atoms with E-state index < -0.39 is 66.1 Å². The Hall–Kier alpha value is -3.46. The largest absolute Gasteiger partial charge is 0.204 e. The summed E-state index contributed by atoms with van der Waals surface area (Å²) in [6, 6.07) is 16.3. The van der Waals surface area contributed by atoms with Gasteiger partial charge in [0.05, 0.1) is 8.95 Å². The third-order valence-electron chi connectivity index (χ3n) is 4.99. The van der Waals surface area contributed by atoms with Crippen molar-refractivity contribution in [1.29, 1.82) is 0 Å². The Kier molecular flexibility index (Phi) is 7.59. The molecule has 0 aliphatic heterocycles. The molecule has 0 saturated heterocycles. The molecule has 0 radical (unpaired) electrons. The van der Waals surface area contributed by atoms with Crippen molar-refractivity contribution in [2.45, 2.75) is 0 Å². The average Bonchev–Trinajstić information content (AvgIpc) is 2.89. The number of hydrogen-bond acceptors (Lipinski definition) is 0. The van der Waals surface area contributed by atoms with Crippen molar-refractivity contribution in [1.82, 2.24) is 0 Å². The first-order chi connectivity index (χ1) is 17.2. The van der Waals surface area contributed by atoms with Crippen LogP contribution in [0.25, 0.3) is 11.1 Å². The van der Waals surface area contributed by atoms with E-state index in [0.717, 1.165) is 0 Å². The summed E-state index contributed by atoms with van der Waals surface area (Å²) in [5, 5.41) is 0. The van der Waals surface area contributed by atoms with Crippen molar-refractivity contribution in [2.24, 2.45) is 0 Å². The zero-order chi connectivity index (χ0) is 26.0. The SMILES string of the molecule is Fc1c(F)c(-c2c(F)c(F)c(C#Cc3ccccc3)c(F)c2Br)c(Br)c(F)c1C#Cc1ccccc1. The lowest BCUT2D eigenvalue weighted by atomic mass is 9.98. The van der Waals surface area contributed by atoms with Crippen LogP contribution in [0.5, 0.6) is 0 Å². The molecule has 0 spiro atoms. The zero-order valence-corrected chi connectivity index (χ0v) is 21.0. The third-order valence-corrected chi connectivity index (χ3v) is 6.48. The fraction of sp³-hybridized carbons (Fsp3) is 0. The van der Waals surface area contributed by atoms with Crippen LogP contribution in [0.1, 0.15) is 22.3 Å². The minimum Gasteiger partial charge on any atom is -0.204 e. The van der Waals surface area contributed by atoms with E-state index in [9.17, 15) is 8.78 Å². The highest BCUT2D eigenvalue weighted by atomic mass is 79.9. The summed E-state index contributed by atoms with van der Waals surface area (Å²) in [6.45, 7) is 0. The topological polar surface area (TPSA) is 0 Å². The van der Waals surface area contributed by atoms with Gasteiger partial charge in [-0.3, -0.25) is 0 Å². The van der Waals surface area contributed by atoms with Gasteiger partial charge in [0.2, 0.25) is 0 Å². The van der Waals surface area contributed by atoms with E-state index in [1.54, 1.807) is 60.7 Å². The van der Waals surface area contributed by atoms with Crippen LogP contribution < -0.4 is 0 Å². The molecule has 0 aliphatic rings. The quantitative estimate of drug-likeness (QED) is 0.114. The molecule has 0 nitrogen and oxygen atoms in total. The highest BCUT2D eigenvalue weighted by Gasteiger charge is 2.31. The molecular formula is C28H10Br2F6. The lowest BCUT2D eigenvalue weighted by molar-refractivity contribution is 0.481. The minimum atomic E-state index is -1.75. The first-order valence-electron chi connectivity index (χ1n) is 10.1. The molecule has 8 heteroatoms. The summed E-state index contributed by atoms with van der Waals surface area (Å²) in [6.07, 6.45) is 0. The molecule has 0 N–H and O–H groups in total. The molecule has 4 aromatic rings. The van der Waals surface area contributed by atoms with Crippen LogP contribution in [0.3, 0.4) is 0 Å². The smallest absolute Gasteiger partial charge is 0.178 e. The second-order valence-corrected chi connectivity index (χ2v) is 8.83. The molecular weight excluding hydrogens is 610 g/mol. The third kappa shape index (κ3) is 4.80. The summed E-state index contributed by atoms with van der Waals surface area (Å²) in [4.78, 5) is 0. The van der Waals surface area contributed by atoms with Gasteiger partial charge in [0.15, 0.2) is 34.9 Å². The van der Waals surface area contributed by atoms with E-state index >= 15 is 17.6 Å². The molecule has 0 atom stereocenters. The molecule has 0 saturated carbocycles. The normalized spacial score (nSPS) is 10.3. The maximum absolute atomic E-state index is 15.1. The van der Waals surface area contributed by atoms with Gasteiger partial charge in [-0.1, -0.05) is 60.1 Å². The van der Waals surface area contributed by atoms with Crippen LogP contribution in [0.15, 0.2) is 69.6 Å². The van der Waals surface area contributed by atoms with Crippen LogP contribution in [0, 0.1) is 58.6 Å². The molecule has 0 amide bonds. The Morgan fingerprint density at radius 2 is 0.750 bits per heavy atom. The Balaban J connectivity index is 1.89. The van der Waals surface area contributed by atoms with Gasteiger partial charge < -0.3 is 0 Å². The van der Waals surface area contributed by atoms with Crippen molar-refractivity contribution in [2.75, 3.05) is 0 Å². The van der Waals surface area contributed by atoms with Gasteiger partial charge in [-0.25, -0.2) is 26.3 Å². The van der Waals surface area contributed by atoms with Crippen molar-refractivity contribution >= 4 is 31.9 Å². The maximum Gasteiger partial charge on any atom is 0.178 e. The van der Waals surface area contributed by atoms with Crippen molar-refractivity contribution in [3.63, 3.8) is 0 Å². The van der Waals surface area contributed by atoms with Crippen molar-refractivity contribution in [3.05, 3.63) is 127 Å². The summed E-state index contributed by atoms with van der Waals surface area (Å²) in [5.74, 6) is -0.304. The number of halogens is 8. The Bertz CT molecular complexity index is 1430. The van der Waals surface area contributed by atoms with Crippen molar-refractivity contribution in [3.8, 4) is 34.8 Å². The summed E-state index contributed by atoms with van der Waals surface area (Å²) in [7, 11) is 0. The van der Waals surface area contributed by atoms with E-state index in [0.29, 0.717) is 11.1 Å². The van der Waals surface area contributed by atoms with Gasteiger partial charge in [-0.15, -0.1) is 0 Å². The van der Waals surface area contributed by atoms with Gasteiger partial charge in [-0.05, 0) is 56.1 Å². The first kappa shape index (κ1) is 25.6. The average molecular weight is 620 g/mol. The highest BCUT2D eigenvalue weighted by Crippen LogP contribution is 2.43. The molecule has 178 valence electrons.